The fourth-order valence-corrected chi connectivity index (χ4v) is 2.39. The van der Waals surface area contributed by atoms with Crippen LogP contribution in [0.25, 0.3) is 10.6 Å². The topological polar surface area (TPSA) is 68.9 Å². The first-order valence-corrected chi connectivity index (χ1v) is 5.59. The van der Waals surface area contributed by atoms with Crippen molar-refractivity contribution < 1.29 is 4.92 Å². The molecule has 2 aromatic rings. The minimum atomic E-state index is -0.517. The van der Waals surface area contributed by atoms with Gasteiger partial charge in [-0.25, -0.2) is 0 Å². The Morgan fingerprint density at radius 2 is 2.06 bits per heavy atom. The highest BCUT2D eigenvalue weighted by Crippen LogP contribution is 2.38. The number of nitro groups is 1. The number of nitro benzene ring substituents is 1. The van der Waals surface area contributed by atoms with E-state index in [1.165, 1.54) is 12.1 Å². The molecule has 2 rings (SSSR count). The van der Waals surface area contributed by atoms with Crippen molar-refractivity contribution in [2.24, 2.45) is 0 Å². The summed E-state index contributed by atoms with van der Waals surface area (Å²) >= 11 is 12.6. The van der Waals surface area contributed by atoms with Crippen LogP contribution >= 0.6 is 34.5 Å². The summed E-state index contributed by atoms with van der Waals surface area (Å²) in [5.41, 5.74) is 0.138. The summed E-state index contributed by atoms with van der Waals surface area (Å²) in [6.45, 7) is 0. The zero-order chi connectivity index (χ0) is 11.7. The second-order valence-electron chi connectivity index (χ2n) is 2.75. The van der Waals surface area contributed by atoms with Crippen molar-refractivity contribution in [1.82, 2.24) is 10.2 Å². The number of benzene rings is 1. The molecule has 0 saturated heterocycles. The van der Waals surface area contributed by atoms with Gasteiger partial charge in [0.15, 0.2) is 5.01 Å². The Balaban J connectivity index is 2.67. The zero-order valence-electron chi connectivity index (χ0n) is 7.55. The smallest absolute Gasteiger partial charge is 0.258 e. The van der Waals surface area contributed by atoms with Gasteiger partial charge >= 0.3 is 0 Å². The minimum absolute atomic E-state index is 0.111. The Morgan fingerprint density at radius 1 is 1.31 bits per heavy atom. The summed E-state index contributed by atoms with van der Waals surface area (Å²) in [6.07, 6.45) is 0. The van der Waals surface area contributed by atoms with Crippen LogP contribution in [0.4, 0.5) is 5.69 Å². The molecule has 0 bridgehead atoms. The average Bonchev–Trinajstić information content (AvgIpc) is 2.64. The van der Waals surface area contributed by atoms with Crippen molar-refractivity contribution in [2.45, 2.75) is 0 Å². The van der Waals surface area contributed by atoms with Crippen LogP contribution in [0.1, 0.15) is 0 Å². The molecule has 0 atom stereocenters. The van der Waals surface area contributed by atoms with Crippen LogP contribution in [-0.2, 0) is 0 Å². The number of halogens is 2. The maximum atomic E-state index is 10.8. The van der Waals surface area contributed by atoms with Gasteiger partial charge in [0.25, 0.3) is 5.69 Å². The van der Waals surface area contributed by atoms with Crippen LogP contribution in [0.15, 0.2) is 18.2 Å². The van der Waals surface area contributed by atoms with E-state index >= 15 is 0 Å². The van der Waals surface area contributed by atoms with Crippen molar-refractivity contribution in [2.75, 3.05) is 0 Å². The van der Waals surface area contributed by atoms with Crippen LogP contribution in [0, 0.1) is 10.1 Å². The van der Waals surface area contributed by atoms with Gasteiger partial charge in [-0.05, 0) is 17.7 Å². The quantitative estimate of drug-likeness (QED) is 0.622. The minimum Gasteiger partial charge on any atom is -0.258 e. The first kappa shape index (κ1) is 11.3. The highest BCUT2D eigenvalue weighted by molar-refractivity contribution is 7.18. The number of nitrogens with zero attached hydrogens (tertiary/aromatic N) is 3. The normalized spacial score (nSPS) is 10.4. The van der Waals surface area contributed by atoms with Crippen molar-refractivity contribution in [3.05, 3.63) is 37.8 Å². The second-order valence-corrected chi connectivity index (χ2v) is 4.72. The third-order valence-electron chi connectivity index (χ3n) is 1.80. The van der Waals surface area contributed by atoms with E-state index in [0.717, 1.165) is 11.3 Å². The first-order chi connectivity index (χ1) is 7.59. The van der Waals surface area contributed by atoms with E-state index in [1.807, 2.05) is 0 Å². The van der Waals surface area contributed by atoms with Crippen molar-refractivity contribution >= 4 is 40.2 Å². The van der Waals surface area contributed by atoms with Gasteiger partial charge in [0.05, 0.1) is 9.95 Å². The summed E-state index contributed by atoms with van der Waals surface area (Å²) in [5, 5.41) is 18.7. The lowest BCUT2D eigenvalue weighted by molar-refractivity contribution is -0.384. The second kappa shape index (κ2) is 4.32. The number of hydrogen-bond donors (Lipinski definition) is 0. The molecule has 5 nitrogen and oxygen atoms in total. The van der Waals surface area contributed by atoms with Crippen LogP contribution in [-0.4, -0.2) is 15.1 Å². The van der Waals surface area contributed by atoms with Gasteiger partial charge in [0, 0.05) is 6.07 Å². The van der Waals surface area contributed by atoms with Crippen LogP contribution in [0.2, 0.25) is 9.49 Å². The Kier molecular flexibility index (Phi) is 3.04. The number of rotatable bonds is 2. The van der Waals surface area contributed by atoms with Crippen LogP contribution in [0.3, 0.4) is 0 Å². The van der Waals surface area contributed by atoms with Crippen LogP contribution < -0.4 is 0 Å². The highest BCUT2D eigenvalue weighted by Gasteiger charge is 2.21. The van der Waals surface area contributed by atoms with Crippen molar-refractivity contribution in [3.8, 4) is 10.6 Å². The molecule has 0 N–H and O–H groups in total. The van der Waals surface area contributed by atoms with Gasteiger partial charge in [-0.2, -0.15) is 0 Å². The Morgan fingerprint density at radius 3 is 2.62 bits per heavy atom. The molecule has 0 saturated carbocycles. The van der Waals surface area contributed by atoms with E-state index in [-0.39, 0.29) is 20.7 Å². The standard InChI is InChI=1S/C8H3Cl2N3O2S/c9-4-2-1-3-5(13(14)15)6(4)7-11-12-8(10)16-7/h1-3H. The Hall–Kier alpha value is -1.24. The van der Waals surface area contributed by atoms with Gasteiger partial charge in [0.2, 0.25) is 4.47 Å². The molecule has 0 unspecified atom stereocenters. The molecule has 1 aromatic heterocycles. The maximum absolute atomic E-state index is 10.8. The lowest BCUT2D eigenvalue weighted by Gasteiger charge is -2.00. The molecule has 0 spiro atoms. The first-order valence-electron chi connectivity index (χ1n) is 4.02. The molecule has 0 aliphatic heterocycles. The predicted molar refractivity (Wildman–Crippen MR) is 62.0 cm³/mol. The van der Waals surface area contributed by atoms with E-state index in [2.05, 4.69) is 10.2 Å². The highest BCUT2D eigenvalue weighted by atomic mass is 35.5. The zero-order valence-corrected chi connectivity index (χ0v) is 9.88. The van der Waals surface area contributed by atoms with E-state index in [4.69, 9.17) is 23.2 Å². The molecule has 16 heavy (non-hydrogen) atoms. The van der Waals surface area contributed by atoms with Crippen LogP contribution in [0.5, 0.6) is 0 Å². The molecule has 8 heteroatoms. The molecule has 0 aliphatic rings. The molecular formula is C8H3Cl2N3O2S. The molecule has 0 radical (unpaired) electrons. The van der Waals surface area contributed by atoms with E-state index in [1.54, 1.807) is 6.07 Å². The third kappa shape index (κ3) is 1.99. The fourth-order valence-electron chi connectivity index (χ4n) is 1.18. The van der Waals surface area contributed by atoms with E-state index in [9.17, 15) is 10.1 Å². The number of hydrogen-bond acceptors (Lipinski definition) is 5. The van der Waals surface area contributed by atoms with E-state index in [0.29, 0.717) is 5.01 Å². The molecule has 82 valence electrons. The SMILES string of the molecule is O=[N+]([O-])c1cccc(Cl)c1-c1nnc(Cl)s1. The maximum Gasteiger partial charge on any atom is 0.281 e. The van der Waals surface area contributed by atoms with Gasteiger partial charge in [0.1, 0.15) is 5.56 Å². The van der Waals surface area contributed by atoms with Crippen molar-refractivity contribution in [3.63, 3.8) is 0 Å². The summed E-state index contributed by atoms with van der Waals surface area (Å²) in [4.78, 5) is 10.3. The Labute approximate surface area is 104 Å². The third-order valence-corrected chi connectivity index (χ3v) is 3.15. The summed E-state index contributed by atoms with van der Waals surface area (Å²) < 4.78 is 0.212. The summed E-state index contributed by atoms with van der Waals surface area (Å²) in [7, 11) is 0. The average molecular weight is 276 g/mol. The van der Waals surface area contributed by atoms with Gasteiger partial charge in [-0.3, -0.25) is 10.1 Å². The van der Waals surface area contributed by atoms with Gasteiger partial charge in [-0.15, -0.1) is 10.2 Å². The van der Waals surface area contributed by atoms with Gasteiger partial charge < -0.3 is 0 Å². The molecule has 0 fully saturated rings. The molecule has 0 amide bonds. The van der Waals surface area contributed by atoms with E-state index < -0.39 is 4.92 Å². The lowest BCUT2D eigenvalue weighted by Crippen LogP contribution is -1.92. The van der Waals surface area contributed by atoms with Gasteiger partial charge in [-0.1, -0.05) is 29.0 Å². The predicted octanol–water partition coefficient (Wildman–Crippen LogP) is 3.42. The Bertz CT molecular complexity index is 558. The molecule has 1 heterocycles. The van der Waals surface area contributed by atoms with Crippen molar-refractivity contribution in [1.29, 1.82) is 0 Å². The lowest BCUT2D eigenvalue weighted by atomic mass is 10.2. The summed E-state index contributed by atoms with van der Waals surface area (Å²) in [5.74, 6) is 0. The molecule has 0 aliphatic carbocycles. The largest absolute Gasteiger partial charge is 0.281 e. The summed E-state index contributed by atoms with van der Waals surface area (Å²) in [6, 6.07) is 4.42. The molecular weight excluding hydrogens is 273 g/mol. The fraction of sp³-hybridized carbons (Fsp3) is 0. The monoisotopic (exact) mass is 275 g/mol. The molecule has 1 aromatic carbocycles. The number of aromatic nitrogens is 2.